The molecule has 0 atom stereocenters. The Kier molecular flexibility index (Phi) is 5.99. The summed E-state index contributed by atoms with van der Waals surface area (Å²) in [7, 11) is -0.745. The van der Waals surface area contributed by atoms with E-state index >= 15 is 0 Å². The molecule has 1 N–H and O–H groups in total. The molecular weight excluding hydrogens is 359 g/mol. The fourth-order valence-electron chi connectivity index (χ4n) is 2.21. The Hall–Kier alpha value is -2.45. The van der Waals surface area contributed by atoms with Crippen molar-refractivity contribution in [1.82, 2.24) is 4.31 Å². The topological polar surface area (TPSA) is 75.7 Å². The number of nitrogens with zero attached hydrogens (tertiary/aromatic N) is 1. The summed E-state index contributed by atoms with van der Waals surface area (Å²) in [5.74, 6) is -0.705. The van der Waals surface area contributed by atoms with E-state index < -0.39 is 21.7 Å². The molecule has 0 aliphatic heterocycles. The number of ether oxygens (including phenoxy) is 1. The van der Waals surface area contributed by atoms with Crippen LogP contribution in [-0.2, 0) is 14.8 Å². The van der Waals surface area contributed by atoms with Crippen LogP contribution in [-0.4, -0.2) is 39.3 Å². The van der Waals surface area contributed by atoms with E-state index in [0.717, 1.165) is 15.4 Å². The van der Waals surface area contributed by atoms with Crippen LogP contribution in [0.3, 0.4) is 0 Å². The summed E-state index contributed by atoms with van der Waals surface area (Å²) in [6.07, 6.45) is 0. The molecule has 0 aliphatic rings. The second-order valence-electron chi connectivity index (χ2n) is 5.99. The van der Waals surface area contributed by atoms with E-state index in [1.165, 1.54) is 44.4 Å². The summed E-state index contributed by atoms with van der Waals surface area (Å²) in [4.78, 5) is 12.2. The zero-order chi connectivity index (χ0) is 19.5. The van der Waals surface area contributed by atoms with E-state index in [-0.39, 0.29) is 17.3 Å². The van der Waals surface area contributed by atoms with Gasteiger partial charge in [0.25, 0.3) is 5.91 Å². The fourth-order valence-corrected chi connectivity index (χ4v) is 3.22. The first-order valence-corrected chi connectivity index (χ1v) is 9.27. The molecule has 0 radical (unpaired) electrons. The highest BCUT2D eigenvalue weighted by molar-refractivity contribution is 7.89. The van der Waals surface area contributed by atoms with Gasteiger partial charge < -0.3 is 10.1 Å². The number of sulfonamides is 1. The molecule has 0 heterocycles. The normalized spacial score (nSPS) is 11.5. The van der Waals surface area contributed by atoms with Gasteiger partial charge in [-0.2, -0.15) is 0 Å². The van der Waals surface area contributed by atoms with Gasteiger partial charge in [0.1, 0.15) is 11.6 Å². The molecule has 0 bridgehead atoms. The van der Waals surface area contributed by atoms with Crippen LogP contribution in [0.15, 0.2) is 41.3 Å². The number of hydrogen-bond acceptors (Lipinski definition) is 4. The lowest BCUT2D eigenvalue weighted by molar-refractivity contribution is -0.118. The van der Waals surface area contributed by atoms with Gasteiger partial charge >= 0.3 is 0 Å². The molecule has 0 spiro atoms. The second kappa shape index (κ2) is 7.84. The number of amides is 1. The molecule has 0 saturated heterocycles. The Labute approximate surface area is 152 Å². The molecule has 2 aromatic rings. The molecule has 8 heteroatoms. The van der Waals surface area contributed by atoms with Gasteiger partial charge in [0.05, 0.1) is 4.90 Å². The summed E-state index contributed by atoms with van der Waals surface area (Å²) in [5, 5.41) is 2.65. The SMILES string of the molecule is Cc1cc(S(=O)(=O)N(C)C)cc(NC(=O)COc2cccc(F)c2)c1C. The maximum Gasteiger partial charge on any atom is 0.262 e. The van der Waals surface area contributed by atoms with Crippen LogP contribution in [0, 0.1) is 19.7 Å². The lowest BCUT2D eigenvalue weighted by atomic mass is 10.1. The first-order chi connectivity index (χ1) is 12.1. The van der Waals surface area contributed by atoms with E-state index in [0.29, 0.717) is 5.69 Å². The van der Waals surface area contributed by atoms with Crippen molar-refractivity contribution in [2.45, 2.75) is 18.7 Å². The highest BCUT2D eigenvalue weighted by Gasteiger charge is 2.20. The highest BCUT2D eigenvalue weighted by atomic mass is 32.2. The lowest BCUT2D eigenvalue weighted by Gasteiger charge is -2.16. The first kappa shape index (κ1) is 19.9. The predicted molar refractivity (Wildman–Crippen MR) is 97.3 cm³/mol. The molecule has 0 saturated carbocycles. The Balaban J connectivity index is 2.18. The number of halogens is 1. The zero-order valence-electron chi connectivity index (χ0n) is 15.0. The van der Waals surface area contributed by atoms with Crippen LogP contribution >= 0.6 is 0 Å². The Bertz CT molecular complexity index is 927. The maximum absolute atomic E-state index is 13.1. The monoisotopic (exact) mass is 380 g/mol. The average molecular weight is 380 g/mol. The van der Waals surface area contributed by atoms with E-state index in [1.54, 1.807) is 19.9 Å². The van der Waals surface area contributed by atoms with Crippen molar-refractivity contribution in [1.29, 1.82) is 0 Å². The van der Waals surface area contributed by atoms with Gasteiger partial charge in [-0.05, 0) is 49.2 Å². The van der Waals surface area contributed by atoms with Crippen molar-refractivity contribution < 1.29 is 22.3 Å². The molecule has 1 amide bonds. The molecule has 0 fully saturated rings. The quantitative estimate of drug-likeness (QED) is 0.836. The number of rotatable bonds is 6. The minimum absolute atomic E-state index is 0.0898. The van der Waals surface area contributed by atoms with Crippen LogP contribution in [0.4, 0.5) is 10.1 Å². The van der Waals surface area contributed by atoms with E-state index in [2.05, 4.69) is 5.32 Å². The van der Waals surface area contributed by atoms with Gasteiger partial charge in [-0.15, -0.1) is 0 Å². The number of anilines is 1. The van der Waals surface area contributed by atoms with Gasteiger partial charge in [0, 0.05) is 25.8 Å². The van der Waals surface area contributed by atoms with Gasteiger partial charge in [-0.1, -0.05) is 6.07 Å². The molecule has 6 nitrogen and oxygen atoms in total. The van der Waals surface area contributed by atoms with Gasteiger partial charge in [-0.25, -0.2) is 17.1 Å². The predicted octanol–water partition coefficient (Wildman–Crippen LogP) is 2.71. The van der Waals surface area contributed by atoms with Crippen LogP contribution in [0.2, 0.25) is 0 Å². The average Bonchev–Trinajstić information content (AvgIpc) is 2.56. The number of hydrogen-bond donors (Lipinski definition) is 1. The zero-order valence-corrected chi connectivity index (χ0v) is 15.9. The lowest BCUT2D eigenvalue weighted by Crippen LogP contribution is -2.24. The summed E-state index contributed by atoms with van der Waals surface area (Å²) in [5.41, 5.74) is 1.87. The van der Waals surface area contributed by atoms with Gasteiger partial charge in [0.15, 0.2) is 6.61 Å². The van der Waals surface area contributed by atoms with Crippen molar-refractivity contribution in [3.63, 3.8) is 0 Å². The smallest absolute Gasteiger partial charge is 0.262 e. The minimum Gasteiger partial charge on any atom is -0.484 e. The van der Waals surface area contributed by atoms with E-state index in [4.69, 9.17) is 4.74 Å². The van der Waals surface area contributed by atoms with Gasteiger partial charge in [0.2, 0.25) is 10.0 Å². The molecule has 2 rings (SSSR count). The van der Waals surface area contributed by atoms with Crippen molar-refractivity contribution in [3.8, 4) is 5.75 Å². The third-order valence-electron chi connectivity index (χ3n) is 3.86. The van der Waals surface area contributed by atoms with Crippen LogP contribution in [0.25, 0.3) is 0 Å². The summed E-state index contributed by atoms with van der Waals surface area (Å²) in [6, 6.07) is 8.44. The highest BCUT2D eigenvalue weighted by Crippen LogP contribution is 2.25. The third-order valence-corrected chi connectivity index (χ3v) is 5.65. The summed E-state index contributed by atoms with van der Waals surface area (Å²) in [6.45, 7) is 3.22. The molecular formula is C18H21FN2O4S. The van der Waals surface area contributed by atoms with Gasteiger partial charge in [-0.3, -0.25) is 4.79 Å². The van der Waals surface area contributed by atoms with E-state index in [9.17, 15) is 17.6 Å². The Morgan fingerprint density at radius 2 is 1.88 bits per heavy atom. The van der Waals surface area contributed by atoms with E-state index in [1.807, 2.05) is 0 Å². The maximum atomic E-state index is 13.1. The molecule has 2 aromatic carbocycles. The van der Waals surface area contributed by atoms with Crippen LogP contribution in [0.1, 0.15) is 11.1 Å². The minimum atomic E-state index is -3.63. The number of carbonyl (C=O) groups is 1. The second-order valence-corrected chi connectivity index (χ2v) is 8.15. The third kappa shape index (κ3) is 4.59. The number of nitrogens with one attached hydrogen (secondary N) is 1. The standard InChI is InChI=1S/C18H21FN2O4S/c1-12-8-16(26(23,24)21(3)4)10-17(13(12)2)20-18(22)11-25-15-7-5-6-14(19)9-15/h5-10H,11H2,1-4H3,(H,20,22). The summed E-state index contributed by atoms with van der Waals surface area (Å²) < 4.78 is 44.1. The molecule has 0 aromatic heterocycles. The molecule has 0 unspecified atom stereocenters. The first-order valence-electron chi connectivity index (χ1n) is 7.83. The Morgan fingerprint density at radius 1 is 1.19 bits per heavy atom. The van der Waals surface area contributed by atoms with Crippen LogP contribution < -0.4 is 10.1 Å². The summed E-state index contributed by atoms with van der Waals surface area (Å²) >= 11 is 0. The Morgan fingerprint density at radius 3 is 2.50 bits per heavy atom. The number of aryl methyl sites for hydroxylation is 1. The van der Waals surface area contributed by atoms with Crippen molar-refractivity contribution in [2.75, 3.05) is 26.0 Å². The number of carbonyl (C=O) groups excluding carboxylic acids is 1. The van der Waals surface area contributed by atoms with Crippen molar-refractivity contribution in [3.05, 3.63) is 53.3 Å². The molecule has 26 heavy (non-hydrogen) atoms. The molecule has 0 aliphatic carbocycles. The molecule has 140 valence electrons. The number of benzene rings is 2. The van der Waals surface area contributed by atoms with Crippen LogP contribution in [0.5, 0.6) is 5.75 Å². The fraction of sp³-hybridized carbons (Fsp3) is 0.278. The van der Waals surface area contributed by atoms with Crippen molar-refractivity contribution in [2.24, 2.45) is 0 Å². The largest absolute Gasteiger partial charge is 0.484 e. The van der Waals surface area contributed by atoms with Crippen molar-refractivity contribution >= 4 is 21.6 Å².